The summed E-state index contributed by atoms with van der Waals surface area (Å²) in [5.41, 5.74) is 1.30. The van der Waals surface area contributed by atoms with E-state index in [9.17, 15) is 53.1 Å². The Morgan fingerprint density at radius 3 is 1.30 bits per heavy atom. The van der Waals surface area contributed by atoms with Crippen LogP contribution in [0.5, 0.6) is 5.75 Å². The molecule has 0 aromatic heterocycles. The molecule has 21 nitrogen and oxygen atoms in total. The van der Waals surface area contributed by atoms with Gasteiger partial charge in [0, 0.05) is 39.0 Å². The number of fused-ring (bicyclic) bond motifs is 4. The molecule has 0 saturated carbocycles. The number of aromatic hydroxyl groups is 1. The molecule has 5 saturated heterocycles. The zero-order valence-corrected chi connectivity index (χ0v) is 49.1. The molecule has 5 heterocycles. The number of benzene rings is 2. The fraction of sp³-hybridized carbons (Fsp3) is 0.639. The lowest BCUT2D eigenvalue weighted by molar-refractivity contribution is -0.149. The summed E-state index contributed by atoms with van der Waals surface area (Å²) in [6.07, 6.45) is 4.15. The molecule has 0 radical (unpaired) electrons. The van der Waals surface area contributed by atoms with E-state index in [0.717, 1.165) is 0 Å². The Bertz CT molecular complexity index is 2630. The van der Waals surface area contributed by atoms with E-state index in [0.29, 0.717) is 68.9 Å². The van der Waals surface area contributed by atoms with Gasteiger partial charge in [-0.25, -0.2) is 0 Å². The highest BCUT2D eigenvalue weighted by molar-refractivity contribution is 6.00. The van der Waals surface area contributed by atoms with Crippen LogP contribution in [0.25, 0.3) is 0 Å². The Labute approximate surface area is 482 Å². The summed E-state index contributed by atoms with van der Waals surface area (Å²) in [6, 6.07) is 4.18. The third-order valence-corrected chi connectivity index (χ3v) is 17.4. The zero-order chi connectivity index (χ0) is 59.5. The van der Waals surface area contributed by atoms with Crippen molar-refractivity contribution >= 4 is 59.1 Å². The van der Waals surface area contributed by atoms with E-state index in [2.05, 4.69) is 31.9 Å². The number of nitrogens with zero attached hydrogens (tertiary/aromatic N) is 4. The molecule has 5 aliphatic rings. The molecule has 448 valence electrons. The van der Waals surface area contributed by atoms with Gasteiger partial charge in [-0.1, -0.05) is 111 Å². The van der Waals surface area contributed by atoms with Gasteiger partial charge in [-0.2, -0.15) is 0 Å². The average molecular weight is 1140 g/mol. The number of hydrogen-bond acceptors (Lipinski definition) is 11. The minimum Gasteiger partial charge on any atom is -0.508 e. The highest BCUT2D eigenvalue weighted by Gasteiger charge is 2.48. The Balaban J connectivity index is 1.26. The second kappa shape index (κ2) is 28.3. The van der Waals surface area contributed by atoms with Gasteiger partial charge in [-0.3, -0.25) is 47.9 Å². The Kier molecular flexibility index (Phi) is 21.6. The number of phenols is 1. The predicted molar refractivity (Wildman–Crippen MR) is 306 cm³/mol. The first kappa shape index (κ1) is 62.5. The second-order valence-electron chi connectivity index (χ2n) is 24.1. The molecule has 5 aliphatic heterocycles. The van der Waals surface area contributed by atoms with Crippen LogP contribution < -0.4 is 31.9 Å². The molecule has 21 heteroatoms. The molecular formula is C61H88N10O11. The fourth-order valence-electron chi connectivity index (χ4n) is 12.2. The van der Waals surface area contributed by atoms with E-state index >= 15 is 0 Å². The van der Waals surface area contributed by atoms with E-state index < -0.39 is 137 Å². The number of phenolic OH excluding ortho intramolecular Hbond substituents is 1. The lowest BCUT2D eigenvalue weighted by atomic mass is 9.96. The van der Waals surface area contributed by atoms with Crippen LogP contribution in [0.1, 0.15) is 137 Å². The fourth-order valence-corrected chi connectivity index (χ4v) is 12.2. The number of nitrogens with one attached hydrogen (secondary N) is 6. The maximum Gasteiger partial charge on any atom is 0.246 e. The van der Waals surface area contributed by atoms with Crippen molar-refractivity contribution in [1.82, 2.24) is 51.5 Å². The summed E-state index contributed by atoms with van der Waals surface area (Å²) in [6.45, 7) is 15.5. The molecule has 10 amide bonds. The van der Waals surface area contributed by atoms with Gasteiger partial charge >= 0.3 is 0 Å². The molecule has 7 N–H and O–H groups in total. The van der Waals surface area contributed by atoms with Crippen LogP contribution >= 0.6 is 0 Å². The minimum atomic E-state index is -1.27. The first-order valence-electron chi connectivity index (χ1n) is 30.0. The zero-order valence-electron chi connectivity index (χ0n) is 49.1. The van der Waals surface area contributed by atoms with Gasteiger partial charge in [0.25, 0.3) is 0 Å². The average Bonchev–Trinajstić information content (AvgIpc) is 4.38. The van der Waals surface area contributed by atoms with Crippen LogP contribution in [0.15, 0.2) is 54.6 Å². The van der Waals surface area contributed by atoms with Crippen LogP contribution in [-0.2, 0) is 60.8 Å². The third-order valence-electron chi connectivity index (χ3n) is 17.4. The van der Waals surface area contributed by atoms with Crippen LogP contribution in [-0.4, -0.2) is 170 Å². The van der Waals surface area contributed by atoms with E-state index in [-0.39, 0.29) is 63.5 Å². The highest BCUT2D eigenvalue weighted by atomic mass is 16.3. The lowest BCUT2D eigenvalue weighted by Crippen LogP contribution is -2.62. The van der Waals surface area contributed by atoms with Gasteiger partial charge < -0.3 is 56.6 Å². The normalized spacial score (nSPS) is 28.8. The molecule has 0 aliphatic carbocycles. The maximum atomic E-state index is 15.0. The van der Waals surface area contributed by atoms with E-state index in [1.807, 2.05) is 40.7 Å². The maximum absolute atomic E-state index is 15.0. The molecule has 2 aromatic carbocycles. The van der Waals surface area contributed by atoms with Crippen molar-refractivity contribution in [1.29, 1.82) is 0 Å². The Morgan fingerprint density at radius 1 is 0.427 bits per heavy atom. The number of amides is 10. The van der Waals surface area contributed by atoms with Crippen molar-refractivity contribution in [2.45, 2.75) is 199 Å². The van der Waals surface area contributed by atoms with E-state index in [1.165, 1.54) is 31.7 Å². The molecule has 2 aromatic rings. The van der Waals surface area contributed by atoms with Crippen molar-refractivity contribution < 1.29 is 53.1 Å². The monoisotopic (exact) mass is 1140 g/mol. The smallest absolute Gasteiger partial charge is 0.246 e. The SMILES string of the molecule is CC[C@@H](C)[C@H]1NC(=O)[C@@H]2CCCN2C(=O)[C@H]2CCCN2C(=O)[C@H]([C@@H](C)CC)NC(=O)[C@@H](Cc2ccc(O)cc2)NC(=O)[C@@H]2CCCN2C(=O)[C@H]2CCCN2C(=O)[C@H](CC(C)C)NC(=O)[C@@H](C(C)C)NC(=O)[C@H](Cc2ccccc2)NC1=O. The number of hydrogen-bond donors (Lipinski definition) is 7. The Morgan fingerprint density at radius 2 is 0.817 bits per heavy atom. The third kappa shape index (κ3) is 14.9. The minimum absolute atomic E-state index is 0.00641. The number of rotatable bonds is 11. The molecule has 12 atom stereocenters. The standard InChI is InChI=1S/C61H88N10O11/c1-9-37(7)50-57(78)63-43(33-39-18-12-11-13-19-39)52(73)65-49(36(5)6)56(77)64-44(32-35(3)4)58(79)70-30-16-22-47(70)59(80)68-28-14-20-45(68)54(75)62-42(34-40-24-26-41(72)27-25-40)53(74)67-51(38(8)10-2)61(82)71-31-17-23-48(71)60(81)69-29-15-21-46(69)55(76)66-50/h11-13,18-19,24-27,35-38,42-51,72H,9-10,14-17,20-23,28-34H2,1-8H3,(H,62,75)(H,63,78)(H,64,77)(H,65,73)(H,66,76)(H,67,74)/t37-,38+,42-,43+,44+,45+,46+,47-,48-,49-,50-,51+/m1/s1. The quantitative estimate of drug-likeness (QED) is 0.172. The van der Waals surface area contributed by atoms with Crippen molar-refractivity contribution in [3.05, 3.63) is 65.7 Å². The van der Waals surface area contributed by atoms with Crippen molar-refractivity contribution in [3.8, 4) is 5.75 Å². The summed E-state index contributed by atoms with van der Waals surface area (Å²) in [4.78, 5) is 153. The summed E-state index contributed by atoms with van der Waals surface area (Å²) >= 11 is 0. The summed E-state index contributed by atoms with van der Waals surface area (Å²) in [5.74, 6) is -7.15. The first-order chi connectivity index (χ1) is 39.1. The summed E-state index contributed by atoms with van der Waals surface area (Å²) < 4.78 is 0. The molecule has 0 spiro atoms. The summed E-state index contributed by atoms with van der Waals surface area (Å²) in [7, 11) is 0. The number of carbonyl (C=O) groups excluding carboxylic acids is 10. The van der Waals surface area contributed by atoms with Gasteiger partial charge in [0.1, 0.15) is 66.2 Å². The van der Waals surface area contributed by atoms with E-state index in [1.54, 1.807) is 57.2 Å². The highest BCUT2D eigenvalue weighted by Crippen LogP contribution is 2.30. The van der Waals surface area contributed by atoms with Crippen LogP contribution in [0.4, 0.5) is 0 Å². The molecule has 5 fully saturated rings. The first-order valence-corrected chi connectivity index (χ1v) is 30.0. The van der Waals surface area contributed by atoms with Crippen LogP contribution in [0.3, 0.4) is 0 Å². The molecule has 0 bridgehead atoms. The summed E-state index contributed by atoms with van der Waals surface area (Å²) in [5, 5.41) is 27.6. The predicted octanol–water partition coefficient (Wildman–Crippen LogP) is 2.86. The van der Waals surface area contributed by atoms with Gasteiger partial charge in [0.15, 0.2) is 0 Å². The van der Waals surface area contributed by atoms with Gasteiger partial charge in [0.05, 0.1) is 0 Å². The molecule has 7 rings (SSSR count). The topological polar surface area (TPSA) is 276 Å². The lowest BCUT2D eigenvalue weighted by Gasteiger charge is -2.35. The molecule has 82 heavy (non-hydrogen) atoms. The molecule has 0 unspecified atom stereocenters. The molecular weight excluding hydrogens is 1050 g/mol. The van der Waals surface area contributed by atoms with Gasteiger partial charge in [-0.05, 0) is 105 Å². The van der Waals surface area contributed by atoms with Gasteiger partial charge in [0.2, 0.25) is 59.1 Å². The Hall–Kier alpha value is -7.06. The van der Waals surface area contributed by atoms with Crippen molar-refractivity contribution in [2.75, 3.05) is 26.2 Å². The van der Waals surface area contributed by atoms with Gasteiger partial charge in [-0.15, -0.1) is 0 Å². The van der Waals surface area contributed by atoms with Crippen molar-refractivity contribution in [3.63, 3.8) is 0 Å². The largest absolute Gasteiger partial charge is 0.508 e. The van der Waals surface area contributed by atoms with E-state index in [4.69, 9.17) is 0 Å². The number of carbonyl (C=O) groups is 10. The second-order valence-corrected chi connectivity index (χ2v) is 24.1. The van der Waals surface area contributed by atoms with Crippen LogP contribution in [0.2, 0.25) is 0 Å². The van der Waals surface area contributed by atoms with Crippen molar-refractivity contribution in [2.24, 2.45) is 23.7 Å². The van der Waals surface area contributed by atoms with Crippen LogP contribution in [0, 0.1) is 23.7 Å².